The SMILES string of the molecule is Cc1ccccc1CN(C)C(C)C(=O)NNC(=O)c1ccc(F)cc1. The standard InChI is InChI=1S/C19H22FN3O2/c1-13-6-4-5-7-16(13)12-23(3)14(2)18(24)21-22-19(25)15-8-10-17(20)11-9-15/h4-11,14H,12H2,1-3H3,(H,21,24)(H,22,25). The van der Waals surface area contributed by atoms with Gasteiger partial charge in [-0.25, -0.2) is 4.39 Å². The minimum absolute atomic E-state index is 0.266. The molecule has 0 heterocycles. The van der Waals surface area contributed by atoms with Crippen molar-refractivity contribution < 1.29 is 14.0 Å². The van der Waals surface area contributed by atoms with Gasteiger partial charge in [0.05, 0.1) is 6.04 Å². The number of aryl methyl sites for hydroxylation is 1. The lowest BCUT2D eigenvalue weighted by Crippen LogP contribution is -2.50. The maximum Gasteiger partial charge on any atom is 0.269 e. The van der Waals surface area contributed by atoms with E-state index in [2.05, 4.69) is 10.9 Å². The molecule has 2 N–H and O–H groups in total. The van der Waals surface area contributed by atoms with E-state index in [4.69, 9.17) is 0 Å². The second kappa shape index (κ2) is 8.39. The Morgan fingerprint density at radius 2 is 1.72 bits per heavy atom. The number of likely N-dealkylation sites (N-methyl/N-ethyl adjacent to an activating group) is 1. The van der Waals surface area contributed by atoms with Crippen molar-refractivity contribution in [1.82, 2.24) is 15.8 Å². The van der Waals surface area contributed by atoms with Crippen LogP contribution >= 0.6 is 0 Å². The highest BCUT2D eigenvalue weighted by Crippen LogP contribution is 2.11. The van der Waals surface area contributed by atoms with Crippen LogP contribution in [0.15, 0.2) is 48.5 Å². The lowest BCUT2D eigenvalue weighted by atomic mass is 10.1. The van der Waals surface area contributed by atoms with Crippen LogP contribution in [-0.4, -0.2) is 29.8 Å². The fraction of sp³-hybridized carbons (Fsp3) is 0.263. The van der Waals surface area contributed by atoms with Crippen molar-refractivity contribution >= 4 is 11.8 Å². The van der Waals surface area contributed by atoms with E-state index in [1.54, 1.807) is 6.92 Å². The molecule has 2 aromatic carbocycles. The van der Waals surface area contributed by atoms with Crippen LogP contribution < -0.4 is 10.9 Å². The predicted octanol–water partition coefficient (Wildman–Crippen LogP) is 2.42. The van der Waals surface area contributed by atoms with Crippen molar-refractivity contribution in [2.75, 3.05) is 7.05 Å². The summed E-state index contributed by atoms with van der Waals surface area (Å²) >= 11 is 0. The van der Waals surface area contributed by atoms with E-state index < -0.39 is 17.8 Å². The number of carbonyl (C=O) groups is 2. The Hall–Kier alpha value is -2.73. The van der Waals surface area contributed by atoms with Crippen molar-refractivity contribution in [3.63, 3.8) is 0 Å². The lowest BCUT2D eigenvalue weighted by Gasteiger charge is -2.24. The summed E-state index contributed by atoms with van der Waals surface area (Å²) in [5, 5.41) is 0. The number of hydrogen-bond acceptors (Lipinski definition) is 3. The van der Waals surface area contributed by atoms with E-state index in [0.717, 1.165) is 11.1 Å². The minimum atomic E-state index is -0.498. The van der Waals surface area contributed by atoms with Crippen LogP contribution in [-0.2, 0) is 11.3 Å². The van der Waals surface area contributed by atoms with Crippen LogP contribution in [0.1, 0.15) is 28.4 Å². The first-order chi connectivity index (χ1) is 11.9. The minimum Gasteiger partial charge on any atom is -0.291 e. The first-order valence-electron chi connectivity index (χ1n) is 7.99. The van der Waals surface area contributed by atoms with Gasteiger partial charge in [0.15, 0.2) is 0 Å². The fourth-order valence-corrected chi connectivity index (χ4v) is 2.29. The first-order valence-corrected chi connectivity index (χ1v) is 7.99. The fourth-order valence-electron chi connectivity index (χ4n) is 2.29. The van der Waals surface area contributed by atoms with Gasteiger partial charge in [-0.2, -0.15) is 0 Å². The van der Waals surface area contributed by atoms with Gasteiger partial charge >= 0.3 is 0 Å². The van der Waals surface area contributed by atoms with Gasteiger partial charge in [0.25, 0.3) is 11.8 Å². The van der Waals surface area contributed by atoms with Gasteiger partial charge in [0.1, 0.15) is 5.82 Å². The molecule has 0 aliphatic heterocycles. The average Bonchev–Trinajstić information content (AvgIpc) is 2.61. The number of benzene rings is 2. The van der Waals surface area contributed by atoms with Gasteiger partial charge < -0.3 is 0 Å². The molecular formula is C19H22FN3O2. The summed E-state index contributed by atoms with van der Waals surface area (Å²) in [5.74, 6) is -1.25. The largest absolute Gasteiger partial charge is 0.291 e. The Kier molecular flexibility index (Phi) is 6.25. The molecule has 2 rings (SSSR count). The number of hydrazine groups is 1. The molecular weight excluding hydrogens is 321 g/mol. The predicted molar refractivity (Wildman–Crippen MR) is 94.1 cm³/mol. The Morgan fingerprint density at radius 3 is 2.36 bits per heavy atom. The zero-order chi connectivity index (χ0) is 18.4. The molecule has 0 aromatic heterocycles. The van der Waals surface area contributed by atoms with Gasteiger partial charge in [0, 0.05) is 12.1 Å². The van der Waals surface area contributed by atoms with Crippen LogP contribution in [0, 0.1) is 12.7 Å². The summed E-state index contributed by atoms with van der Waals surface area (Å²) in [6, 6.07) is 12.6. The second-order valence-corrected chi connectivity index (χ2v) is 5.97. The van der Waals surface area contributed by atoms with Crippen LogP contribution in [0.3, 0.4) is 0 Å². The summed E-state index contributed by atoms with van der Waals surface area (Å²) in [5.41, 5.74) is 7.31. The highest BCUT2D eigenvalue weighted by molar-refractivity contribution is 5.95. The number of halogens is 1. The van der Waals surface area contributed by atoms with Crippen LogP contribution in [0.5, 0.6) is 0 Å². The van der Waals surface area contributed by atoms with E-state index in [0.29, 0.717) is 6.54 Å². The molecule has 0 fully saturated rings. The molecule has 0 bridgehead atoms. The second-order valence-electron chi connectivity index (χ2n) is 5.97. The topological polar surface area (TPSA) is 61.4 Å². The van der Waals surface area contributed by atoms with Gasteiger partial charge in [-0.1, -0.05) is 24.3 Å². The molecule has 25 heavy (non-hydrogen) atoms. The molecule has 0 saturated carbocycles. The van der Waals surface area contributed by atoms with Crippen LogP contribution in [0.2, 0.25) is 0 Å². The Bertz CT molecular complexity index is 747. The molecule has 0 spiro atoms. The first kappa shape index (κ1) is 18.6. The van der Waals surface area contributed by atoms with Crippen molar-refractivity contribution in [1.29, 1.82) is 0 Å². The third kappa shape index (κ3) is 5.12. The van der Waals surface area contributed by atoms with E-state index in [1.807, 2.05) is 43.1 Å². The summed E-state index contributed by atoms with van der Waals surface area (Å²) in [4.78, 5) is 26.0. The number of amides is 2. The van der Waals surface area contributed by atoms with Crippen LogP contribution in [0.25, 0.3) is 0 Å². The van der Waals surface area contributed by atoms with Crippen molar-refractivity contribution in [3.8, 4) is 0 Å². The monoisotopic (exact) mass is 343 g/mol. The molecule has 6 heteroatoms. The molecule has 0 saturated heterocycles. The lowest BCUT2D eigenvalue weighted by molar-refractivity contribution is -0.126. The highest BCUT2D eigenvalue weighted by atomic mass is 19.1. The molecule has 5 nitrogen and oxygen atoms in total. The number of hydrogen-bond donors (Lipinski definition) is 2. The van der Waals surface area contributed by atoms with E-state index in [1.165, 1.54) is 24.3 Å². The molecule has 1 unspecified atom stereocenters. The maximum atomic E-state index is 12.9. The Labute approximate surface area is 146 Å². The zero-order valence-electron chi connectivity index (χ0n) is 14.5. The van der Waals surface area contributed by atoms with Gasteiger partial charge in [-0.3, -0.25) is 25.3 Å². The average molecular weight is 343 g/mol. The summed E-state index contributed by atoms with van der Waals surface area (Å²) in [6.07, 6.45) is 0. The maximum absolute atomic E-state index is 12.9. The molecule has 2 amide bonds. The number of nitrogens with zero attached hydrogens (tertiary/aromatic N) is 1. The van der Waals surface area contributed by atoms with Crippen LogP contribution in [0.4, 0.5) is 4.39 Å². The number of rotatable bonds is 5. The third-order valence-electron chi connectivity index (χ3n) is 4.13. The number of nitrogens with one attached hydrogen (secondary N) is 2. The molecule has 1 atom stereocenters. The zero-order valence-corrected chi connectivity index (χ0v) is 14.5. The molecule has 0 aliphatic rings. The Morgan fingerprint density at radius 1 is 1.08 bits per heavy atom. The highest BCUT2D eigenvalue weighted by Gasteiger charge is 2.19. The molecule has 0 aliphatic carbocycles. The third-order valence-corrected chi connectivity index (χ3v) is 4.13. The molecule has 2 aromatic rings. The van der Waals surface area contributed by atoms with Gasteiger partial charge in [-0.05, 0) is 56.3 Å². The Balaban J connectivity index is 1.88. The summed E-state index contributed by atoms with van der Waals surface area (Å²) in [7, 11) is 1.85. The molecule has 132 valence electrons. The normalized spacial score (nSPS) is 11.9. The van der Waals surface area contributed by atoms with Crippen molar-refractivity contribution in [2.24, 2.45) is 0 Å². The van der Waals surface area contributed by atoms with Gasteiger partial charge in [-0.15, -0.1) is 0 Å². The van der Waals surface area contributed by atoms with Gasteiger partial charge in [0.2, 0.25) is 0 Å². The van der Waals surface area contributed by atoms with Crippen molar-refractivity contribution in [3.05, 3.63) is 71.0 Å². The van der Waals surface area contributed by atoms with Crippen molar-refractivity contribution in [2.45, 2.75) is 26.4 Å². The quantitative estimate of drug-likeness (QED) is 0.820. The van der Waals surface area contributed by atoms with E-state index in [-0.39, 0.29) is 11.5 Å². The number of carbonyl (C=O) groups excluding carboxylic acids is 2. The van der Waals surface area contributed by atoms with E-state index >= 15 is 0 Å². The summed E-state index contributed by atoms with van der Waals surface area (Å²) in [6.45, 7) is 4.40. The molecule has 0 radical (unpaired) electrons. The smallest absolute Gasteiger partial charge is 0.269 e. The van der Waals surface area contributed by atoms with E-state index in [9.17, 15) is 14.0 Å². The summed E-state index contributed by atoms with van der Waals surface area (Å²) < 4.78 is 12.9.